The number of benzene rings is 1. The lowest BCUT2D eigenvalue weighted by atomic mass is 10.2. The summed E-state index contributed by atoms with van der Waals surface area (Å²) in [6, 6.07) is 5.36. The van der Waals surface area contributed by atoms with Crippen molar-refractivity contribution in [3.05, 3.63) is 52.1 Å². The molecule has 0 saturated heterocycles. The van der Waals surface area contributed by atoms with Crippen LogP contribution < -0.4 is 10.6 Å². The molecule has 2 N–H and O–H groups in total. The average molecular weight is 356 g/mol. The number of carbonyl (C=O) groups excluding carboxylic acids is 1. The van der Waals surface area contributed by atoms with E-state index in [0.717, 1.165) is 12.3 Å². The quantitative estimate of drug-likeness (QED) is 0.876. The maximum Gasteiger partial charge on any atom is 0.259 e. The van der Waals surface area contributed by atoms with Crippen LogP contribution >= 0.6 is 15.9 Å². The molecule has 2 aromatic rings. The minimum atomic E-state index is -0.649. The lowest BCUT2D eigenvalue weighted by Gasteiger charge is -2.11. The first kappa shape index (κ1) is 15.4. The highest BCUT2D eigenvalue weighted by atomic mass is 79.9. The molecule has 0 atom stereocenters. The van der Waals surface area contributed by atoms with Gasteiger partial charge >= 0.3 is 0 Å². The van der Waals surface area contributed by atoms with Gasteiger partial charge < -0.3 is 10.6 Å². The van der Waals surface area contributed by atoms with Crippen molar-refractivity contribution in [2.24, 2.45) is 0 Å². The van der Waals surface area contributed by atoms with E-state index in [2.05, 4.69) is 31.5 Å². The average Bonchev–Trinajstić information content (AvgIpc) is 2.45. The number of pyridine rings is 1. The number of amides is 1. The number of aromatic nitrogens is 1. The number of nitrogens with zero attached hydrogens (tertiary/aromatic N) is 1. The molecular weight excluding hydrogens is 344 g/mol. The van der Waals surface area contributed by atoms with Crippen molar-refractivity contribution in [3.63, 3.8) is 0 Å². The molecule has 21 heavy (non-hydrogen) atoms. The van der Waals surface area contributed by atoms with Crippen LogP contribution in [0.2, 0.25) is 0 Å². The lowest BCUT2D eigenvalue weighted by molar-refractivity contribution is 0.102. The molecule has 0 saturated carbocycles. The number of rotatable bonds is 4. The van der Waals surface area contributed by atoms with Crippen LogP contribution in [0.4, 0.5) is 20.3 Å². The highest BCUT2D eigenvalue weighted by Crippen LogP contribution is 2.26. The predicted octanol–water partition coefficient (Wildman–Crippen LogP) is 3.81. The molecule has 1 aromatic heterocycles. The van der Waals surface area contributed by atoms with E-state index in [0.29, 0.717) is 11.0 Å². The zero-order valence-corrected chi connectivity index (χ0v) is 12.7. The van der Waals surface area contributed by atoms with Gasteiger partial charge in [-0.1, -0.05) is 6.07 Å². The fourth-order valence-corrected chi connectivity index (χ4v) is 2.16. The van der Waals surface area contributed by atoms with Gasteiger partial charge in [0, 0.05) is 11.0 Å². The highest BCUT2D eigenvalue weighted by Gasteiger charge is 2.17. The Kier molecular flexibility index (Phi) is 4.85. The van der Waals surface area contributed by atoms with Crippen molar-refractivity contribution in [2.75, 3.05) is 17.2 Å². The molecule has 110 valence electrons. The van der Waals surface area contributed by atoms with E-state index < -0.39 is 17.5 Å². The number of halogens is 3. The molecule has 1 amide bonds. The Bertz CT molecular complexity index is 659. The van der Waals surface area contributed by atoms with E-state index in [9.17, 15) is 13.6 Å². The Labute approximate surface area is 128 Å². The minimum absolute atomic E-state index is 0.00536. The second-order valence-electron chi connectivity index (χ2n) is 4.13. The van der Waals surface area contributed by atoms with Gasteiger partial charge in [-0.3, -0.25) is 4.79 Å². The summed E-state index contributed by atoms with van der Waals surface area (Å²) in [4.78, 5) is 16.0. The number of hydrogen-bond acceptors (Lipinski definition) is 3. The Morgan fingerprint density at radius 2 is 2.14 bits per heavy atom. The third-order valence-electron chi connectivity index (χ3n) is 2.64. The summed E-state index contributed by atoms with van der Waals surface area (Å²) in [5.41, 5.74) is 0.00112. The van der Waals surface area contributed by atoms with E-state index in [4.69, 9.17) is 0 Å². The van der Waals surface area contributed by atoms with Crippen molar-refractivity contribution in [1.29, 1.82) is 0 Å². The summed E-state index contributed by atoms with van der Waals surface area (Å²) in [6.07, 6.45) is 1.01. The predicted molar refractivity (Wildman–Crippen MR) is 80.4 cm³/mol. The molecular formula is C14H12BrF2N3O. The number of carbonyl (C=O) groups is 1. The first-order chi connectivity index (χ1) is 10.0. The number of nitrogens with one attached hydrogen (secondary N) is 2. The summed E-state index contributed by atoms with van der Waals surface area (Å²) in [7, 11) is 0. The van der Waals surface area contributed by atoms with Crippen LogP contribution in [0.25, 0.3) is 0 Å². The Balaban J connectivity index is 2.34. The second kappa shape index (κ2) is 6.62. The van der Waals surface area contributed by atoms with E-state index in [1.807, 2.05) is 6.92 Å². The minimum Gasteiger partial charge on any atom is -0.370 e. The second-order valence-corrected chi connectivity index (χ2v) is 4.99. The van der Waals surface area contributed by atoms with Crippen molar-refractivity contribution in [1.82, 2.24) is 4.98 Å². The molecule has 0 spiro atoms. The molecule has 0 radical (unpaired) electrons. The SMILES string of the molecule is CCNc1ncc(F)cc1C(=O)Nc1c(F)cccc1Br. The van der Waals surface area contributed by atoms with Crippen LogP contribution in [-0.2, 0) is 0 Å². The largest absolute Gasteiger partial charge is 0.370 e. The van der Waals surface area contributed by atoms with Crippen LogP contribution in [0.15, 0.2) is 34.9 Å². The molecule has 4 nitrogen and oxygen atoms in total. The lowest BCUT2D eigenvalue weighted by Crippen LogP contribution is -2.17. The normalized spacial score (nSPS) is 10.3. The Morgan fingerprint density at radius 3 is 2.81 bits per heavy atom. The maximum atomic E-state index is 13.7. The van der Waals surface area contributed by atoms with Gasteiger partial charge in [0.15, 0.2) is 0 Å². The summed E-state index contributed by atoms with van der Waals surface area (Å²) in [6.45, 7) is 2.34. The molecule has 1 aromatic carbocycles. The van der Waals surface area contributed by atoms with E-state index in [1.165, 1.54) is 12.1 Å². The topological polar surface area (TPSA) is 54.0 Å². The molecule has 0 aliphatic heterocycles. The molecule has 0 fully saturated rings. The van der Waals surface area contributed by atoms with Gasteiger partial charge in [0.25, 0.3) is 5.91 Å². The first-order valence-electron chi connectivity index (χ1n) is 6.17. The van der Waals surface area contributed by atoms with Crippen LogP contribution in [0.5, 0.6) is 0 Å². The van der Waals surface area contributed by atoms with Crippen LogP contribution in [0.1, 0.15) is 17.3 Å². The number of anilines is 2. The standard InChI is InChI=1S/C14H12BrF2N3O/c1-2-18-13-9(6-8(16)7-19-13)14(21)20-12-10(15)4-3-5-11(12)17/h3-7H,2H2,1H3,(H,18,19)(H,20,21). The molecule has 1 heterocycles. The van der Waals surface area contributed by atoms with E-state index in [1.54, 1.807) is 6.07 Å². The van der Waals surface area contributed by atoms with Crippen LogP contribution in [0.3, 0.4) is 0 Å². The molecule has 0 aliphatic rings. The summed E-state index contributed by atoms with van der Waals surface area (Å²) < 4.78 is 27.4. The van der Waals surface area contributed by atoms with Gasteiger partial charge in [-0.15, -0.1) is 0 Å². The van der Waals surface area contributed by atoms with Gasteiger partial charge in [-0.05, 0) is 41.1 Å². The molecule has 2 rings (SSSR count). The van der Waals surface area contributed by atoms with Gasteiger partial charge in [-0.2, -0.15) is 0 Å². The van der Waals surface area contributed by atoms with Gasteiger partial charge in [0.2, 0.25) is 0 Å². The van der Waals surface area contributed by atoms with Gasteiger partial charge in [0.05, 0.1) is 17.4 Å². The van der Waals surface area contributed by atoms with Gasteiger partial charge in [0.1, 0.15) is 17.5 Å². The monoisotopic (exact) mass is 355 g/mol. The Morgan fingerprint density at radius 1 is 1.38 bits per heavy atom. The molecule has 0 aliphatic carbocycles. The van der Waals surface area contributed by atoms with Crippen molar-refractivity contribution < 1.29 is 13.6 Å². The van der Waals surface area contributed by atoms with Crippen molar-refractivity contribution in [3.8, 4) is 0 Å². The first-order valence-corrected chi connectivity index (χ1v) is 6.97. The summed E-state index contributed by atoms with van der Waals surface area (Å²) in [5, 5.41) is 5.27. The summed E-state index contributed by atoms with van der Waals surface area (Å²) in [5.74, 6) is -1.64. The van der Waals surface area contributed by atoms with Gasteiger partial charge in [-0.25, -0.2) is 13.8 Å². The van der Waals surface area contributed by atoms with E-state index in [-0.39, 0.29) is 17.1 Å². The zero-order chi connectivity index (χ0) is 15.4. The van der Waals surface area contributed by atoms with Crippen LogP contribution in [-0.4, -0.2) is 17.4 Å². The van der Waals surface area contributed by atoms with Crippen molar-refractivity contribution >= 4 is 33.3 Å². The fraction of sp³-hybridized carbons (Fsp3) is 0.143. The molecule has 0 bridgehead atoms. The van der Waals surface area contributed by atoms with Crippen molar-refractivity contribution in [2.45, 2.75) is 6.92 Å². The smallest absolute Gasteiger partial charge is 0.259 e. The number of hydrogen-bond donors (Lipinski definition) is 2. The highest BCUT2D eigenvalue weighted by molar-refractivity contribution is 9.10. The fourth-order valence-electron chi connectivity index (χ4n) is 1.72. The van der Waals surface area contributed by atoms with E-state index >= 15 is 0 Å². The third-order valence-corrected chi connectivity index (χ3v) is 3.31. The Hall–Kier alpha value is -2.02. The third kappa shape index (κ3) is 3.55. The molecule has 7 heteroatoms. The number of para-hydroxylation sites is 1. The summed E-state index contributed by atoms with van der Waals surface area (Å²) >= 11 is 3.15. The molecule has 0 unspecified atom stereocenters. The maximum absolute atomic E-state index is 13.7. The van der Waals surface area contributed by atoms with Crippen LogP contribution in [0, 0.1) is 11.6 Å². The zero-order valence-electron chi connectivity index (χ0n) is 11.1.